The second-order valence-corrected chi connectivity index (χ2v) is 5.65. The molecular formula is C16H23N3O3. The van der Waals surface area contributed by atoms with Crippen molar-refractivity contribution in [2.24, 2.45) is 5.92 Å². The van der Waals surface area contributed by atoms with Crippen molar-refractivity contribution >= 4 is 17.3 Å². The third kappa shape index (κ3) is 3.96. The number of carbonyl (C=O) groups is 1. The maximum Gasteiger partial charge on any atom is 0.292 e. The first kappa shape index (κ1) is 16.3. The molecule has 0 saturated carbocycles. The number of piperidine rings is 1. The predicted molar refractivity (Wildman–Crippen MR) is 86.0 cm³/mol. The van der Waals surface area contributed by atoms with Gasteiger partial charge in [0.05, 0.1) is 4.92 Å². The topological polar surface area (TPSA) is 75.5 Å². The highest BCUT2D eigenvalue weighted by molar-refractivity contribution is 5.79. The van der Waals surface area contributed by atoms with E-state index in [0.717, 1.165) is 32.2 Å². The van der Waals surface area contributed by atoms with Gasteiger partial charge in [0.2, 0.25) is 5.91 Å². The molecule has 1 saturated heterocycles. The molecule has 0 unspecified atom stereocenters. The normalized spacial score (nSPS) is 15.6. The Morgan fingerprint density at radius 3 is 2.68 bits per heavy atom. The number of hydrogen-bond donors (Lipinski definition) is 1. The molecule has 0 spiro atoms. The van der Waals surface area contributed by atoms with E-state index in [1.807, 2.05) is 11.0 Å². The predicted octanol–water partition coefficient (Wildman–Crippen LogP) is 2.73. The first-order valence-electron chi connectivity index (χ1n) is 7.89. The molecule has 1 amide bonds. The van der Waals surface area contributed by atoms with E-state index in [1.165, 1.54) is 6.07 Å². The third-order valence-corrected chi connectivity index (χ3v) is 4.11. The van der Waals surface area contributed by atoms with E-state index in [2.05, 4.69) is 12.2 Å². The van der Waals surface area contributed by atoms with Crippen molar-refractivity contribution in [1.29, 1.82) is 0 Å². The summed E-state index contributed by atoms with van der Waals surface area (Å²) in [5, 5.41) is 14.1. The molecule has 1 N–H and O–H groups in total. The average Bonchev–Trinajstić information content (AvgIpc) is 2.55. The molecule has 1 fully saturated rings. The number of rotatable bonds is 6. The van der Waals surface area contributed by atoms with Crippen molar-refractivity contribution in [2.45, 2.75) is 32.6 Å². The van der Waals surface area contributed by atoms with E-state index in [4.69, 9.17) is 0 Å². The molecule has 120 valence electrons. The lowest BCUT2D eigenvalue weighted by atomic mass is 9.95. The molecule has 1 heterocycles. The number of benzene rings is 1. The standard InChI is InChI=1S/C16H23N3O3/c1-2-3-10-17-16(20)13-8-11-18(12-9-13)14-6-4-5-7-15(14)19(21)22/h4-7,13H,2-3,8-12H2,1H3,(H,17,20). The minimum Gasteiger partial charge on any atom is -0.366 e. The summed E-state index contributed by atoms with van der Waals surface area (Å²) < 4.78 is 0. The number of nitro groups is 1. The van der Waals surface area contributed by atoms with Gasteiger partial charge in [-0.15, -0.1) is 0 Å². The molecule has 0 radical (unpaired) electrons. The molecule has 22 heavy (non-hydrogen) atoms. The van der Waals surface area contributed by atoms with Crippen molar-refractivity contribution in [2.75, 3.05) is 24.5 Å². The number of anilines is 1. The SMILES string of the molecule is CCCCNC(=O)C1CCN(c2ccccc2[N+](=O)[O-])CC1. The summed E-state index contributed by atoms with van der Waals surface area (Å²) in [5.41, 5.74) is 0.783. The van der Waals surface area contributed by atoms with Crippen LogP contribution in [0.2, 0.25) is 0 Å². The Bertz CT molecular complexity index is 525. The zero-order chi connectivity index (χ0) is 15.9. The van der Waals surface area contributed by atoms with Gasteiger partial charge in [0.1, 0.15) is 5.69 Å². The summed E-state index contributed by atoms with van der Waals surface area (Å²) >= 11 is 0. The number of nitrogens with one attached hydrogen (secondary N) is 1. The summed E-state index contributed by atoms with van der Waals surface area (Å²) in [6.07, 6.45) is 3.55. The lowest BCUT2D eigenvalue weighted by Crippen LogP contribution is -2.41. The highest BCUT2D eigenvalue weighted by atomic mass is 16.6. The first-order valence-corrected chi connectivity index (χ1v) is 7.89. The van der Waals surface area contributed by atoms with Gasteiger partial charge < -0.3 is 10.2 Å². The fraction of sp³-hybridized carbons (Fsp3) is 0.562. The molecule has 6 nitrogen and oxygen atoms in total. The zero-order valence-electron chi connectivity index (χ0n) is 13.0. The van der Waals surface area contributed by atoms with E-state index >= 15 is 0 Å². The van der Waals surface area contributed by atoms with Gasteiger partial charge in [-0.05, 0) is 25.3 Å². The van der Waals surface area contributed by atoms with Crippen molar-refractivity contribution < 1.29 is 9.72 Å². The van der Waals surface area contributed by atoms with Crippen LogP contribution in [0.4, 0.5) is 11.4 Å². The van der Waals surface area contributed by atoms with Gasteiger partial charge >= 0.3 is 0 Å². The number of nitrogens with zero attached hydrogens (tertiary/aromatic N) is 2. The lowest BCUT2D eigenvalue weighted by Gasteiger charge is -2.32. The molecule has 2 rings (SSSR count). The van der Waals surface area contributed by atoms with E-state index in [-0.39, 0.29) is 22.4 Å². The van der Waals surface area contributed by atoms with Gasteiger partial charge in [-0.2, -0.15) is 0 Å². The van der Waals surface area contributed by atoms with E-state index in [9.17, 15) is 14.9 Å². The molecule has 0 aliphatic carbocycles. The van der Waals surface area contributed by atoms with Crippen LogP contribution in [0.15, 0.2) is 24.3 Å². The second kappa shape index (κ2) is 7.77. The number of amides is 1. The maximum atomic E-state index is 12.1. The van der Waals surface area contributed by atoms with Crippen LogP contribution in [0.1, 0.15) is 32.6 Å². The number of carbonyl (C=O) groups excluding carboxylic acids is 1. The largest absolute Gasteiger partial charge is 0.366 e. The minimum atomic E-state index is -0.348. The molecule has 0 atom stereocenters. The smallest absolute Gasteiger partial charge is 0.292 e. The third-order valence-electron chi connectivity index (χ3n) is 4.11. The van der Waals surface area contributed by atoms with Crippen molar-refractivity contribution in [3.8, 4) is 0 Å². The van der Waals surface area contributed by atoms with Crippen LogP contribution in [-0.2, 0) is 4.79 Å². The van der Waals surface area contributed by atoms with Crippen LogP contribution in [0, 0.1) is 16.0 Å². The van der Waals surface area contributed by atoms with Crippen molar-refractivity contribution in [1.82, 2.24) is 5.32 Å². The highest BCUT2D eigenvalue weighted by Gasteiger charge is 2.27. The summed E-state index contributed by atoms with van der Waals surface area (Å²) in [6.45, 7) is 4.19. The Morgan fingerprint density at radius 1 is 1.36 bits per heavy atom. The van der Waals surface area contributed by atoms with E-state index in [1.54, 1.807) is 12.1 Å². The quantitative estimate of drug-likeness (QED) is 0.498. The Labute approximate surface area is 130 Å². The fourth-order valence-electron chi connectivity index (χ4n) is 2.80. The fourth-order valence-corrected chi connectivity index (χ4v) is 2.80. The second-order valence-electron chi connectivity index (χ2n) is 5.65. The molecule has 0 aromatic heterocycles. The number of unbranched alkanes of at least 4 members (excludes halogenated alkanes) is 1. The highest BCUT2D eigenvalue weighted by Crippen LogP contribution is 2.31. The Balaban J connectivity index is 1.92. The Morgan fingerprint density at radius 2 is 2.05 bits per heavy atom. The average molecular weight is 305 g/mol. The van der Waals surface area contributed by atoms with Crippen LogP contribution < -0.4 is 10.2 Å². The number of nitro benzene ring substituents is 1. The summed E-state index contributed by atoms with van der Waals surface area (Å²) in [6, 6.07) is 6.79. The summed E-state index contributed by atoms with van der Waals surface area (Å²) in [7, 11) is 0. The monoisotopic (exact) mass is 305 g/mol. The molecular weight excluding hydrogens is 282 g/mol. The number of hydrogen-bond acceptors (Lipinski definition) is 4. The summed E-state index contributed by atoms with van der Waals surface area (Å²) in [4.78, 5) is 24.8. The van der Waals surface area contributed by atoms with Crippen LogP contribution in [0.3, 0.4) is 0 Å². The van der Waals surface area contributed by atoms with Gasteiger partial charge in [-0.25, -0.2) is 0 Å². The van der Waals surface area contributed by atoms with Crippen LogP contribution in [-0.4, -0.2) is 30.5 Å². The van der Waals surface area contributed by atoms with Crippen molar-refractivity contribution in [3.63, 3.8) is 0 Å². The Kier molecular flexibility index (Phi) is 5.75. The molecule has 1 aromatic carbocycles. The van der Waals surface area contributed by atoms with Crippen molar-refractivity contribution in [3.05, 3.63) is 34.4 Å². The first-order chi connectivity index (χ1) is 10.6. The Hall–Kier alpha value is -2.11. The molecule has 0 bridgehead atoms. The number of para-hydroxylation sites is 2. The minimum absolute atomic E-state index is 0.0240. The van der Waals surface area contributed by atoms with E-state index in [0.29, 0.717) is 18.8 Å². The van der Waals surface area contributed by atoms with E-state index < -0.39 is 0 Å². The lowest BCUT2D eigenvalue weighted by molar-refractivity contribution is -0.384. The molecule has 1 aliphatic heterocycles. The zero-order valence-corrected chi connectivity index (χ0v) is 13.0. The maximum absolute atomic E-state index is 12.1. The van der Waals surface area contributed by atoms with Crippen LogP contribution in [0.25, 0.3) is 0 Å². The van der Waals surface area contributed by atoms with Gasteiger partial charge in [-0.1, -0.05) is 25.5 Å². The van der Waals surface area contributed by atoms with Gasteiger partial charge in [0.25, 0.3) is 5.69 Å². The van der Waals surface area contributed by atoms with Crippen LogP contribution in [0.5, 0.6) is 0 Å². The van der Waals surface area contributed by atoms with Gasteiger partial charge in [-0.3, -0.25) is 14.9 Å². The van der Waals surface area contributed by atoms with Crippen LogP contribution >= 0.6 is 0 Å². The molecule has 1 aromatic rings. The molecule has 1 aliphatic rings. The summed E-state index contributed by atoms with van der Waals surface area (Å²) in [5.74, 6) is 0.145. The van der Waals surface area contributed by atoms with Gasteiger partial charge in [0.15, 0.2) is 0 Å². The van der Waals surface area contributed by atoms with Gasteiger partial charge in [0, 0.05) is 31.6 Å². The molecule has 6 heteroatoms.